The molecule has 5 heteroatoms. The zero-order valence-electron chi connectivity index (χ0n) is 13.1. The Bertz CT molecular complexity index is 656. The van der Waals surface area contributed by atoms with Crippen LogP contribution in [-0.2, 0) is 6.54 Å². The molecule has 0 atom stereocenters. The smallest absolute Gasteiger partial charge is 0.240 e. The lowest BCUT2D eigenvalue weighted by atomic mass is 9.71. The molecular weight excluding hydrogens is 298 g/mol. The van der Waals surface area contributed by atoms with Gasteiger partial charge in [0.1, 0.15) is 0 Å². The summed E-state index contributed by atoms with van der Waals surface area (Å²) in [5.41, 5.74) is 8.06. The van der Waals surface area contributed by atoms with E-state index in [1.165, 1.54) is 31.2 Å². The molecule has 0 radical (unpaired) electrons. The minimum Gasteiger partial charge on any atom is -0.338 e. The Labute approximate surface area is 136 Å². The number of halogens is 1. The molecule has 22 heavy (non-hydrogen) atoms. The predicted molar refractivity (Wildman–Crippen MR) is 87.6 cm³/mol. The van der Waals surface area contributed by atoms with Crippen molar-refractivity contribution in [1.82, 2.24) is 10.1 Å². The fourth-order valence-electron chi connectivity index (χ4n) is 3.16. The lowest BCUT2D eigenvalue weighted by Gasteiger charge is -2.34. The summed E-state index contributed by atoms with van der Waals surface area (Å²) < 4.78 is 5.05. The zero-order chi connectivity index (χ0) is 15.7. The topological polar surface area (TPSA) is 64.9 Å². The highest BCUT2D eigenvalue weighted by Gasteiger charge is 2.28. The van der Waals surface area contributed by atoms with Crippen molar-refractivity contribution >= 4 is 11.6 Å². The maximum absolute atomic E-state index is 6.51. The third kappa shape index (κ3) is 3.18. The largest absolute Gasteiger partial charge is 0.338 e. The van der Waals surface area contributed by atoms with E-state index in [2.05, 4.69) is 30.1 Å². The molecule has 0 aliphatic heterocycles. The van der Waals surface area contributed by atoms with Gasteiger partial charge in [0.15, 0.2) is 0 Å². The van der Waals surface area contributed by atoms with Crippen molar-refractivity contribution in [2.75, 3.05) is 0 Å². The highest BCUT2D eigenvalue weighted by molar-refractivity contribution is 6.31. The first-order chi connectivity index (χ1) is 10.5. The van der Waals surface area contributed by atoms with Gasteiger partial charge >= 0.3 is 0 Å². The average molecular weight is 320 g/mol. The van der Waals surface area contributed by atoms with Gasteiger partial charge in [0.05, 0.1) is 6.54 Å². The van der Waals surface area contributed by atoms with Crippen LogP contribution in [-0.4, -0.2) is 10.1 Å². The van der Waals surface area contributed by atoms with Crippen LogP contribution in [0, 0.1) is 5.41 Å². The minimum absolute atomic E-state index is 0.247. The molecule has 0 saturated heterocycles. The summed E-state index contributed by atoms with van der Waals surface area (Å²) >= 11 is 6.51. The van der Waals surface area contributed by atoms with Gasteiger partial charge < -0.3 is 10.3 Å². The van der Waals surface area contributed by atoms with Crippen molar-refractivity contribution in [3.63, 3.8) is 0 Å². The number of hydrogen-bond acceptors (Lipinski definition) is 4. The van der Waals surface area contributed by atoms with E-state index in [1.54, 1.807) is 0 Å². The molecule has 1 aliphatic carbocycles. The maximum Gasteiger partial charge on any atom is 0.240 e. The summed E-state index contributed by atoms with van der Waals surface area (Å²) in [5, 5.41) is 4.73. The monoisotopic (exact) mass is 319 g/mol. The molecule has 1 aromatic carbocycles. The normalized spacial score (nSPS) is 18.5. The predicted octanol–water partition coefficient (Wildman–Crippen LogP) is 4.53. The third-order valence-corrected chi connectivity index (χ3v) is 5.01. The van der Waals surface area contributed by atoms with E-state index in [4.69, 9.17) is 21.9 Å². The molecule has 0 unspecified atom stereocenters. The number of aromatic nitrogens is 2. The van der Waals surface area contributed by atoms with Crippen molar-refractivity contribution in [3.8, 4) is 11.4 Å². The van der Waals surface area contributed by atoms with Crippen LogP contribution in [0.25, 0.3) is 11.4 Å². The van der Waals surface area contributed by atoms with Gasteiger partial charge in [0.2, 0.25) is 11.7 Å². The van der Waals surface area contributed by atoms with Crippen molar-refractivity contribution < 1.29 is 4.52 Å². The van der Waals surface area contributed by atoms with Gasteiger partial charge in [0.25, 0.3) is 0 Å². The molecule has 0 amide bonds. The Morgan fingerprint density at radius 1 is 1.32 bits per heavy atom. The van der Waals surface area contributed by atoms with Gasteiger partial charge in [-0.3, -0.25) is 0 Å². The Kier molecular flexibility index (Phi) is 4.24. The van der Waals surface area contributed by atoms with Crippen LogP contribution >= 0.6 is 11.6 Å². The molecule has 1 aromatic heterocycles. The van der Waals surface area contributed by atoms with Crippen molar-refractivity contribution in [3.05, 3.63) is 34.7 Å². The molecule has 1 heterocycles. The maximum atomic E-state index is 6.51. The number of nitrogens with zero attached hydrogens (tertiary/aromatic N) is 2. The summed E-state index contributed by atoms with van der Waals surface area (Å²) in [4.78, 5) is 4.24. The van der Waals surface area contributed by atoms with E-state index in [-0.39, 0.29) is 6.54 Å². The first-order valence-electron chi connectivity index (χ1n) is 7.81. The minimum atomic E-state index is 0.247. The van der Waals surface area contributed by atoms with Crippen molar-refractivity contribution in [2.24, 2.45) is 11.1 Å². The first-order valence-corrected chi connectivity index (χ1v) is 8.19. The summed E-state index contributed by atoms with van der Waals surface area (Å²) in [6, 6.07) is 6.06. The third-order valence-electron chi connectivity index (χ3n) is 4.68. The van der Waals surface area contributed by atoms with E-state index in [0.717, 1.165) is 10.6 Å². The van der Waals surface area contributed by atoms with Crippen LogP contribution in [0.15, 0.2) is 22.7 Å². The van der Waals surface area contributed by atoms with E-state index in [9.17, 15) is 0 Å². The summed E-state index contributed by atoms with van der Waals surface area (Å²) in [6.45, 7) is 4.94. The van der Waals surface area contributed by atoms with Gasteiger partial charge in [-0.05, 0) is 48.6 Å². The van der Waals surface area contributed by atoms with Gasteiger partial charge in [-0.2, -0.15) is 4.98 Å². The molecule has 4 nitrogen and oxygen atoms in total. The molecule has 1 saturated carbocycles. The van der Waals surface area contributed by atoms with Crippen molar-refractivity contribution in [1.29, 1.82) is 0 Å². The number of nitrogens with two attached hydrogens (primary N) is 1. The average Bonchev–Trinajstić information content (AvgIpc) is 2.97. The first kappa shape index (κ1) is 15.5. The zero-order valence-corrected chi connectivity index (χ0v) is 13.9. The van der Waals surface area contributed by atoms with Crippen molar-refractivity contribution in [2.45, 2.75) is 52.0 Å². The van der Waals surface area contributed by atoms with E-state index < -0.39 is 0 Å². The quantitative estimate of drug-likeness (QED) is 0.902. The van der Waals surface area contributed by atoms with Crippen LogP contribution in [0.3, 0.4) is 0 Å². The van der Waals surface area contributed by atoms with Gasteiger partial charge in [0, 0.05) is 10.6 Å². The fraction of sp³-hybridized carbons (Fsp3) is 0.529. The molecular formula is C17H22ClN3O. The molecule has 0 spiro atoms. The molecule has 1 fully saturated rings. The molecule has 2 aromatic rings. The molecule has 118 valence electrons. The second-order valence-electron chi connectivity index (χ2n) is 6.89. The molecule has 3 rings (SSSR count). The highest BCUT2D eigenvalue weighted by Crippen LogP contribution is 2.44. The number of benzene rings is 1. The Morgan fingerprint density at radius 3 is 2.64 bits per heavy atom. The fourth-order valence-corrected chi connectivity index (χ4v) is 3.50. The lowest BCUT2D eigenvalue weighted by Crippen LogP contribution is -2.20. The van der Waals surface area contributed by atoms with Crippen LogP contribution in [0.2, 0.25) is 5.02 Å². The Balaban J connectivity index is 1.80. The number of hydrogen-bond donors (Lipinski definition) is 1. The summed E-state index contributed by atoms with van der Waals surface area (Å²) in [6.07, 6.45) is 4.90. The van der Waals surface area contributed by atoms with E-state index >= 15 is 0 Å². The molecule has 2 N–H and O–H groups in total. The van der Waals surface area contributed by atoms with Gasteiger partial charge in [-0.25, -0.2) is 0 Å². The van der Waals surface area contributed by atoms with E-state index in [1.807, 2.05) is 12.1 Å². The Morgan fingerprint density at radius 2 is 2.05 bits per heavy atom. The van der Waals surface area contributed by atoms with Gasteiger partial charge in [-0.1, -0.05) is 42.7 Å². The second kappa shape index (κ2) is 6.01. The molecule has 1 aliphatic rings. The number of rotatable bonds is 3. The standard InChI is InChI=1S/C17H22ClN3O/c1-17(2)7-5-11(6-8-17)13-4-3-12(9-14(13)18)16-20-15(10-19)22-21-16/h3-4,9,11H,5-8,10,19H2,1-2H3. The molecule has 0 bridgehead atoms. The summed E-state index contributed by atoms with van der Waals surface area (Å²) in [5.74, 6) is 1.53. The van der Waals surface area contributed by atoms with Crippen LogP contribution in [0.1, 0.15) is 56.9 Å². The highest BCUT2D eigenvalue weighted by atomic mass is 35.5. The van der Waals surface area contributed by atoms with E-state index in [0.29, 0.717) is 23.0 Å². The lowest BCUT2D eigenvalue weighted by molar-refractivity contribution is 0.224. The SMILES string of the molecule is CC1(C)CCC(c2ccc(-c3noc(CN)n3)cc2Cl)CC1. The summed E-state index contributed by atoms with van der Waals surface area (Å²) in [7, 11) is 0. The van der Waals surface area contributed by atoms with Crippen LogP contribution < -0.4 is 5.73 Å². The van der Waals surface area contributed by atoms with Gasteiger partial charge in [-0.15, -0.1) is 0 Å². The Hall–Kier alpha value is -1.39. The van der Waals surface area contributed by atoms with Crippen LogP contribution in [0.4, 0.5) is 0 Å². The van der Waals surface area contributed by atoms with Crippen LogP contribution in [0.5, 0.6) is 0 Å². The second-order valence-corrected chi connectivity index (χ2v) is 7.30.